The summed E-state index contributed by atoms with van der Waals surface area (Å²) >= 11 is 6.79. The summed E-state index contributed by atoms with van der Waals surface area (Å²) in [6, 6.07) is 19.3. The second kappa shape index (κ2) is 18.1. The fraction of sp³-hybridized carbons (Fsp3) is 0.366. The van der Waals surface area contributed by atoms with Gasteiger partial charge in [-0.15, -0.1) is 0 Å². The van der Waals surface area contributed by atoms with E-state index in [1.807, 2.05) is 62.9 Å². The van der Waals surface area contributed by atoms with Crippen molar-refractivity contribution >= 4 is 23.6 Å². The number of amides is 2. The third kappa shape index (κ3) is 10.7. The van der Waals surface area contributed by atoms with E-state index in [0.717, 1.165) is 38.9 Å². The Bertz CT molecular complexity index is 1970. The van der Waals surface area contributed by atoms with Gasteiger partial charge in [-0.3, -0.25) is 9.78 Å². The van der Waals surface area contributed by atoms with E-state index in [1.165, 1.54) is 6.20 Å². The summed E-state index contributed by atoms with van der Waals surface area (Å²) < 4.78 is 23.3. The highest BCUT2D eigenvalue weighted by Gasteiger charge is 2.22. The summed E-state index contributed by atoms with van der Waals surface area (Å²) in [5.74, 6) is 1.00. The first-order valence-corrected chi connectivity index (χ1v) is 18.0. The molecule has 0 saturated carbocycles. The van der Waals surface area contributed by atoms with Crippen molar-refractivity contribution in [3.8, 4) is 28.7 Å². The number of halogens is 1. The molecular formula is C41H46ClN5O6. The summed E-state index contributed by atoms with van der Waals surface area (Å²) in [5, 5.41) is 15.8. The average molecular weight is 740 g/mol. The normalized spacial score (nSPS) is 12.9. The Hall–Kier alpha value is -5.15. The van der Waals surface area contributed by atoms with Crippen molar-refractivity contribution in [3.05, 3.63) is 111 Å². The van der Waals surface area contributed by atoms with Crippen molar-refractivity contribution in [2.24, 2.45) is 0 Å². The quantitative estimate of drug-likeness (QED) is 0.137. The monoisotopic (exact) mass is 739 g/mol. The summed E-state index contributed by atoms with van der Waals surface area (Å²) in [7, 11) is 0. The number of pyridine rings is 1. The summed E-state index contributed by atoms with van der Waals surface area (Å²) in [6.45, 7) is 13.4. The third-order valence-corrected chi connectivity index (χ3v) is 9.00. The molecule has 5 rings (SSSR count). The number of rotatable bonds is 13. The third-order valence-electron chi connectivity index (χ3n) is 8.70. The molecular weight excluding hydrogens is 694 g/mol. The zero-order valence-corrected chi connectivity index (χ0v) is 31.6. The summed E-state index contributed by atoms with van der Waals surface area (Å²) in [5.41, 5.74) is 7.00. The molecule has 0 radical (unpaired) electrons. The second-order valence-corrected chi connectivity index (χ2v) is 14.1. The van der Waals surface area contributed by atoms with Gasteiger partial charge >= 0.3 is 6.09 Å². The minimum absolute atomic E-state index is 0.0163. The minimum atomic E-state index is -0.579. The number of morpholine rings is 1. The lowest BCUT2D eigenvalue weighted by Gasteiger charge is -2.27. The van der Waals surface area contributed by atoms with Gasteiger partial charge in [0.2, 0.25) is 0 Å². The Labute approximate surface area is 316 Å². The largest absolute Gasteiger partial charge is 0.488 e. The SMILES string of the molecule is Cc1c(COc2cc(OCc3cncc(C#N)c3)c(CNCCNC(=O)OC(C)(C)C)cc2Cl)cccc1-c1cccc(C(=O)N2CCOCC2)c1C. The number of hydrogen-bond donors (Lipinski definition) is 2. The lowest BCUT2D eigenvalue weighted by Crippen LogP contribution is -2.41. The molecule has 12 heteroatoms. The fourth-order valence-electron chi connectivity index (χ4n) is 5.92. The maximum absolute atomic E-state index is 13.4. The molecule has 0 unspecified atom stereocenters. The molecule has 278 valence electrons. The van der Waals surface area contributed by atoms with Crippen LogP contribution in [0.5, 0.6) is 11.5 Å². The molecule has 3 aromatic carbocycles. The van der Waals surface area contributed by atoms with Crippen LogP contribution in [0, 0.1) is 25.2 Å². The Morgan fingerprint density at radius 1 is 0.925 bits per heavy atom. The van der Waals surface area contributed by atoms with E-state index in [9.17, 15) is 14.9 Å². The molecule has 0 aliphatic carbocycles. The molecule has 2 N–H and O–H groups in total. The topological polar surface area (TPSA) is 135 Å². The molecule has 1 saturated heterocycles. The lowest BCUT2D eigenvalue weighted by atomic mass is 9.91. The van der Waals surface area contributed by atoms with Gasteiger partial charge in [0.25, 0.3) is 5.91 Å². The van der Waals surface area contributed by atoms with Crippen molar-refractivity contribution in [3.63, 3.8) is 0 Å². The lowest BCUT2D eigenvalue weighted by molar-refractivity contribution is 0.0302. The highest BCUT2D eigenvalue weighted by atomic mass is 35.5. The van der Waals surface area contributed by atoms with Crippen molar-refractivity contribution in [2.75, 3.05) is 39.4 Å². The molecule has 0 spiro atoms. The van der Waals surface area contributed by atoms with Crippen LogP contribution < -0.4 is 20.1 Å². The number of alkyl carbamates (subject to hydrolysis) is 1. The van der Waals surface area contributed by atoms with Crippen molar-refractivity contribution < 1.29 is 28.5 Å². The van der Waals surface area contributed by atoms with Crippen molar-refractivity contribution in [2.45, 2.75) is 60.0 Å². The predicted molar refractivity (Wildman–Crippen MR) is 203 cm³/mol. The molecule has 1 fully saturated rings. The van der Waals surface area contributed by atoms with Crippen LogP contribution >= 0.6 is 11.6 Å². The summed E-state index contributed by atoms with van der Waals surface area (Å²) in [4.78, 5) is 31.4. The number of nitrogens with zero attached hydrogens (tertiary/aromatic N) is 3. The fourth-order valence-corrected chi connectivity index (χ4v) is 6.16. The summed E-state index contributed by atoms with van der Waals surface area (Å²) in [6.07, 6.45) is 2.67. The molecule has 2 amide bonds. The zero-order valence-electron chi connectivity index (χ0n) is 30.9. The van der Waals surface area contributed by atoms with Crippen LogP contribution in [0.3, 0.4) is 0 Å². The van der Waals surface area contributed by atoms with Gasteiger partial charge < -0.3 is 34.5 Å². The van der Waals surface area contributed by atoms with Crippen LogP contribution in [-0.4, -0.2) is 66.9 Å². The second-order valence-electron chi connectivity index (χ2n) is 13.7. The number of ether oxygens (including phenoxy) is 4. The molecule has 1 aliphatic rings. The Balaban J connectivity index is 1.32. The number of hydrogen-bond acceptors (Lipinski definition) is 9. The maximum atomic E-state index is 13.4. The van der Waals surface area contributed by atoms with E-state index >= 15 is 0 Å². The Morgan fingerprint density at radius 3 is 2.38 bits per heavy atom. The van der Waals surface area contributed by atoms with Gasteiger partial charge in [-0.05, 0) is 80.6 Å². The number of benzene rings is 3. The van der Waals surface area contributed by atoms with Gasteiger partial charge in [-0.1, -0.05) is 41.9 Å². The van der Waals surface area contributed by atoms with Crippen LogP contribution in [0.1, 0.15) is 64.5 Å². The van der Waals surface area contributed by atoms with E-state index in [-0.39, 0.29) is 19.1 Å². The first-order valence-electron chi connectivity index (χ1n) is 17.6. The Kier molecular flexibility index (Phi) is 13.3. The van der Waals surface area contributed by atoms with Gasteiger partial charge in [0.05, 0.1) is 23.8 Å². The van der Waals surface area contributed by atoms with Crippen molar-refractivity contribution in [1.29, 1.82) is 5.26 Å². The molecule has 4 aromatic rings. The van der Waals surface area contributed by atoms with Gasteiger partial charge in [0.1, 0.15) is 36.4 Å². The van der Waals surface area contributed by atoms with Crippen LogP contribution in [0.25, 0.3) is 11.1 Å². The number of nitriles is 1. The van der Waals surface area contributed by atoms with Gasteiger partial charge in [0.15, 0.2) is 0 Å². The minimum Gasteiger partial charge on any atom is -0.488 e. The smallest absolute Gasteiger partial charge is 0.407 e. The molecule has 0 bridgehead atoms. The first kappa shape index (κ1) is 39.1. The van der Waals surface area contributed by atoms with Crippen LogP contribution in [-0.2, 0) is 29.2 Å². The molecule has 0 atom stereocenters. The molecule has 53 heavy (non-hydrogen) atoms. The van der Waals surface area contributed by atoms with E-state index in [0.29, 0.717) is 73.6 Å². The molecule has 2 heterocycles. The van der Waals surface area contributed by atoms with E-state index in [2.05, 4.69) is 34.7 Å². The van der Waals surface area contributed by atoms with Gasteiger partial charge in [-0.2, -0.15) is 5.26 Å². The van der Waals surface area contributed by atoms with Crippen LogP contribution in [0.2, 0.25) is 5.02 Å². The maximum Gasteiger partial charge on any atom is 0.407 e. The Morgan fingerprint density at radius 2 is 1.64 bits per heavy atom. The predicted octanol–water partition coefficient (Wildman–Crippen LogP) is 7.14. The molecule has 1 aliphatic heterocycles. The van der Waals surface area contributed by atoms with Crippen LogP contribution in [0.15, 0.2) is 67.0 Å². The zero-order chi connectivity index (χ0) is 38.0. The number of carbonyl (C=O) groups excluding carboxylic acids is 2. The highest BCUT2D eigenvalue weighted by Crippen LogP contribution is 2.35. The number of nitrogens with one attached hydrogen (secondary N) is 2. The molecule has 1 aromatic heterocycles. The van der Waals surface area contributed by atoms with Crippen LogP contribution in [0.4, 0.5) is 4.79 Å². The number of aromatic nitrogens is 1. The average Bonchev–Trinajstić information content (AvgIpc) is 3.14. The highest BCUT2D eigenvalue weighted by molar-refractivity contribution is 6.32. The van der Waals surface area contributed by atoms with E-state index in [4.69, 9.17) is 30.5 Å². The van der Waals surface area contributed by atoms with Gasteiger partial charge in [0, 0.05) is 67.9 Å². The van der Waals surface area contributed by atoms with E-state index in [1.54, 1.807) is 24.4 Å². The number of carbonyl (C=O) groups is 2. The van der Waals surface area contributed by atoms with Crippen molar-refractivity contribution in [1.82, 2.24) is 20.5 Å². The van der Waals surface area contributed by atoms with Gasteiger partial charge in [-0.25, -0.2) is 4.79 Å². The standard InChI is InChI=1S/C41H46ClN5O6/c1-27-31(8-6-9-33(27)34-10-7-11-35(28(34)2)39(48)47-14-16-50-17-15-47)26-52-38-20-37(51-25-30-18-29(21-43)22-45-23-30)32(19-36(38)42)24-44-12-13-46-40(49)53-41(3,4)5/h6-11,18-20,22-23,44H,12-17,24-26H2,1-5H3,(H,46,49). The molecule has 11 nitrogen and oxygen atoms in total. The van der Waals surface area contributed by atoms with E-state index < -0.39 is 11.7 Å². The first-order chi connectivity index (χ1) is 25.4.